The van der Waals surface area contributed by atoms with Gasteiger partial charge in [0.1, 0.15) is 11.5 Å². The summed E-state index contributed by atoms with van der Waals surface area (Å²) < 4.78 is 5.86. The van der Waals surface area contributed by atoms with Crippen molar-refractivity contribution in [3.8, 4) is 11.5 Å². The van der Waals surface area contributed by atoms with Gasteiger partial charge >= 0.3 is 0 Å². The Balaban J connectivity index is 1.83. The van der Waals surface area contributed by atoms with Crippen LogP contribution in [-0.2, 0) is 0 Å². The van der Waals surface area contributed by atoms with Gasteiger partial charge in [0.05, 0.1) is 5.56 Å². The zero-order chi connectivity index (χ0) is 17.6. The van der Waals surface area contributed by atoms with Crippen LogP contribution in [0.5, 0.6) is 11.5 Å². The second-order valence-electron chi connectivity index (χ2n) is 5.73. The number of rotatable bonds is 5. The largest absolute Gasteiger partial charge is 0.457 e. The number of ether oxygens (including phenoxy) is 1. The first kappa shape index (κ1) is 16.5. The highest BCUT2D eigenvalue weighted by molar-refractivity contribution is 6.06. The lowest BCUT2D eigenvalue weighted by molar-refractivity contribution is 0.102. The van der Waals surface area contributed by atoms with E-state index in [0.29, 0.717) is 17.1 Å². The van der Waals surface area contributed by atoms with Crippen LogP contribution in [0.25, 0.3) is 5.57 Å². The van der Waals surface area contributed by atoms with Gasteiger partial charge in [-0.3, -0.25) is 4.79 Å². The number of carbonyl (C=O) groups excluding carboxylic acids is 1. The molecule has 3 heteroatoms. The molecule has 3 aromatic carbocycles. The topological polar surface area (TPSA) is 38.3 Å². The fourth-order valence-electron chi connectivity index (χ4n) is 2.42. The molecule has 0 aliphatic carbocycles. The van der Waals surface area contributed by atoms with Crippen LogP contribution in [0.3, 0.4) is 0 Å². The van der Waals surface area contributed by atoms with Gasteiger partial charge in [-0.25, -0.2) is 0 Å². The summed E-state index contributed by atoms with van der Waals surface area (Å²) in [6, 6.07) is 24.2. The molecule has 0 bridgehead atoms. The lowest BCUT2D eigenvalue weighted by Gasteiger charge is -2.12. The number of anilines is 1. The molecule has 3 aromatic rings. The Morgan fingerprint density at radius 2 is 1.64 bits per heavy atom. The van der Waals surface area contributed by atoms with Crippen molar-refractivity contribution in [2.45, 2.75) is 6.92 Å². The van der Waals surface area contributed by atoms with E-state index < -0.39 is 0 Å². The van der Waals surface area contributed by atoms with Gasteiger partial charge in [-0.15, -0.1) is 0 Å². The smallest absolute Gasteiger partial charge is 0.259 e. The van der Waals surface area contributed by atoms with E-state index in [9.17, 15) is 4.79 Å². The van der Waals surface area contributed by atoms with Crippen LogP contribution in [0, 0.1) is 0 Å². The Labute approximate surface area is 147 Å². The molecular weight excluding hydrogens is 310 g/mol. The first-order chi connectivity index (χ1) is 12.1. The fourth-order valence-corrected chi connectivity index (χ4v) is 2.42. The van der Waals surface area contributed by atoms with E-state index in [1.807, 2.05) is 73.7 Å². The SMILES string of the molecule is C=C(C)c1cccc(NC(=O)c2ccccc2Oc2ccccc2)c1. The number of para-hydroxylation sites is 2. The summed E-state index contributed by atoms with van der Waals surface area (Å²) in [5, 5.41) is 2.92. The Morgan fingerprint density at radius 3 is 2.40 bits per heavy atom. The minimum atomic E-state index is -0.217. The first-order valence-corrected chi connectivity index (χ1v) is 8.03. The molecule has 0 saturated carbocycles. The van der Waals surface area contributed by atoms with Gasteiger partial charge in [0.25, 0.3) is 5.91 Å². The number of hydrogen-bond donors (Lipinski definition) is 1. The minimum Gasteiger partial charge on any atom is -0.457 e. The maximum Gasteiger partial charge on any atom is 0.259 e. The summed E-state index contributed by atoms with van der Waals surface area (Å²) in [5.74, 6) is 0.986. The van der Waals surface area contributed by atoms with Gasteiger partial charge in [0, 0.05) is 5.69 Å². The third-order valence-electron chi connectivity index (χ3n) is 3.72. The molecule has 1 amide bonds. The standard InChI is InChI=1S/C22H19NO2/c1-16(2)17-9-8-10-18(15-17)23-22(24)20-13-6-7-14-21(20)25-19-11-4-3-5-12-19/h3-15H,1H2,2H3,(H,23,24). The molecule has 0 atom stereocenters. The average molecular weight is 329 g/mol. The maximum absolute atomic E-state index is 12.7. The third-order valence-corrected chi connectivity index (χ3v) is 3.72. The molecule has 0 spiro atoms. The van der Waals surface area contributed by atoms with Crippen molar-refractivity contribution in [3.05, 3.63) is 96.6 Å². The molecule has 0 aliphatic heterocycles. The van der Waals surface area contributed by atoms with E-state index in [0.717, 1.165) is 16.8 Å². The van der Waals surface area contributed by atoms with E-state index in [4.69, 9.17) is 4.74 Å². The minimum absolute atomic E-state index is 0.217. The molecule has 3 rings (SSSR count). The molecule has 0 aliphatic rings. The molecule has 0 heterocycles. The highest BCUT2D eigenvalue weighted by Gasteiger charge is 2.13. The quantitative estimate of drug-likeness (QED) is 0.646. The maximum atomic E-state index is 12.7. The number of hydrogen-bond acceptors (Lipinski definition) is 2. The highest BCUT2D eigenvalue weighted by Crippen LogP contribution is 2.26. The molecule has 0 saturated heterocycles. The second kappa shape index (κ2) is 7.49. The van der Waals surface area contributed by atoms with Crippen LogP contribution < -0.4 is 10.1 Å². The van der Waals surface area contributed by atoms with Gasteiger partial charge in [0.15, 0.2) is 0 Å². The van der Waals surface area contributed by atoms with E-state index in [2.05, 4.69) is 11.9 Å². The van der Waals surface area contributed by atoms with E-state index in [1.165, 1.54) is 0 Å². The van der Waals surface area contributed by atoms with Gasteiger partial charge < -0.3 is 10.1 Å². The summed E-state index contributed by atoms with van der Waals surface area (Å²) in [5.41, 5.74) is 3.14. The normalized spacial score (nSPS) is 10.1. The fraction of sp³-hybridized carbons (Fsp3) is 0.0455. The summed E-state index contributed by atoms with van der Waals surface area (Å²) >= 11 is 0. The Hall–Kier alpha value is -3.33. The van der Waals surface area contributed by atoms with Crippen LogP contribution in [0.4, 0.5) is 5.69 Å². The highest BCUT2D eigenvalue weighted by atomic mass is 16.5. The monoisotopic (exact) mass is 329 g/mol. The van der Waals surface area contributed by atoms with Gasteiger partial charge in [-0.05, 0) is 48.9 Å². The predicted octanol–water partition coefficient (Wildman–Crippen LogP) is 5.76. The average Bonchev–Trinajstić information content (AvgIpc) is 2.63. The van der Waals surface area contributed by atoms with Crippen molar-refractivity contribution >= 4 is 17.2 Å². The molecule has 0 fully saturated rings. The van der Waals surface area contributed by atoms with Crippen LogP contribution >= 0.6 is 0 Å². The Kier molecular flexibility index (Phi) is 4.95. The zero-order valence-electron chi connectivity index (χ0n) is 14.0. The molecular formula is C22H19NO2. The number of nitrogens with one attached hydrogen (secondary N) is 1. The summed E-state index contributed by atoms with van der Waals surface area (Å²) in [4.78, 5) is 12.7. The van der Waals surface area contributed by atoms with Crippen LogP contribution in [-0.4, -0.2) is 5.91 Å². The summed E-state index contributed by atoms with van der Waals surface area (Å²) in [6.45, 7) is 5.87. The zero-order valence-corrected chi connectivity index (χ0v) is 14.0. The van der Waals surface area contributed by atoms with Crippen molar-refractivity contribution in [1.29, 1.82) is 0 Å². The van der Waals surface area contributed by atoms with Crippen molar-refractivity contribution in [1.82, 2.24) is 0 Å². The molecule has 124 valence electrons. The van der Waals surface area contributed by atoms with Crippen LogP contribution in [0.15, 0.2) is 85.4 Å². The molecule has 0 radical (unpaired) electrons. The Morgan fingerprint density at radius 1 is 0.920 bits per heavy atom. The molecule has 1 N–H and O–H groups in total. The lowest BCUT2D eigenvalue weighted by atomic mass is 10.1. The van der Waals surface area contributed by atoms with Crippen molar-refractivity contribution in [2.24, 2.45) is 0 Å². The lowest BCUT2D eigenvalue weighted by Crippen LogP contribution is -2.13. The second-order valence-corrected chi connectivity index (χ2v) is 5.73. The molecule has 0 aromatic heterocycles. The molecule has 3 nitrogen and oxygen atoms in total. The van der Waals surface area contributed by atoms with E-state index >= 15 is 0 Å². The van der Waals surface area contributed by atoms with Gasteiger partial charge in [-0.2, -0.15) is 0 Å². The van der Waals surface area contributed by atoms with Crippen molar-refractivity contribution in [2.75, 3.05) is 5.32 Å². The van der Waals surface area contributed by atoms with Crippen molar-refractivity contribution in [3.63, 3.8) is 0 Å². The number of allylic oxidation sites excluding steroid dienone is 1. The van der Waals surface area contributed by atoms with Crippen LogP contribution in [0.1, 0.15) is 22.8 Å². The third kappa shape index (κ3) is 4.15. The number of carbonyl (C=O) groups is 1. The first-order valence-electron chi connectivity index (χ1n) is 8.03. The molecule has 25 heavy (non-hydrogen) atoms. The number of benzene rings is 3. The predicted molar refractivity (Wildman–Crippen MR) is 102 cm³/mol. The van der Waals surface area contributed by atoms with Gasteiger partial charge in [0.2, 0.25) is 0 Å². The van der Waals surface area contributed by atoms with Crippen LogP contribution in [0.2, 0.25) is 0 Å². The molecule has 0 unspecified atom stereocenters. The number of amides is 1. The summed E-state index contributed by atoms with van der Waals surface area (Å²) in [7, 11) is 0. The van der Waals surface area contributed by atoms with E-state index in [-0.39, 0.29) is 5.91 Å². The van der Waals surface area contributed by atoms with Crippen molar-refractivity contribution < 1.29 is 9.53 Å². The van der Waals surface area contributed by atoms with E-state index in [1.54, 1.807) is 12.1 Å². The Bertz CT molecular complexity index is 901. The van der Waals surface area contributed by atoms with Gasteiger partial charge in [-0.1, -0.05) is 54.6 Å². The summed E-state index contributed by atoms with van der Waals surface area (Å²) in [6.07, 6.45) is 0.